The average molecular weight is 192 g/mol. The number of carbonyl (C=O) groups excluding carboxylic acids is 1. The van der Waals surface area contributed by atoms with Crippen molar-refractivity contribution in [3.8, 4) is 0 Å². The van der Waals surface area contributed by atoms with Crippen LogP contribution in [0.4, 0.5) is 0 Å². The molecule has 0 aliphatic carbocycles. The number of aliphatic hydroxyl groups is 1. The summed E-state index contributed by atoms with van der Waals surface area (Å²) in [5.41, 5.74) is 1.74. The lowest BCUT2D eigenvalue weighted by atomic mass is 10.2. The zero-order chi connectivity index (χ0) is 10.7. The highest BCUT2D eigenvalue weighted by atomic mass is 16.3. The van der Waals surface area contributed by atoms with E-state index in [4.69, 9.17) is 0 Å². The lowest BCUT2D eigenvalue weighted by Gasteiger charge is -2.01. The first kappa shape index (κ1) is 10.4. The van der Waals surface area contributed by atoms with Gasteiger partial charge in [-0.15, -0.1) is 0 Å². The van der Waals surface area contributed by atoms with Crippen molar-refractivity contribution >= 4 is 11.5 Å². The lowest BCUT2D eigenvalue weighted by molar-refractivity contribution is -0.112. The van der Waals surface area contributed by atoms with E-state index in [1.807, 2.05) is 13.8 Å². The van der Waals surface area contributed by atoms with Crippen LogP contribution in [0.3, 0.4) is 0 Å². The summed E-state index contributed by atoms with van der Waals surface area (Å²) in [4.78, 5) is 18.6. The normalized spacial score (nSPS) is 11.5. The first-order valence-corrected chi connectivity index (χ1v) is 4.22. The largest absolute Gasteiger partial charge is 0.504 e. The molecule has 1 aromatic rings. The number of ketones is 1. The summed E-state index contributed by atoms with van der Waals surface area (Å²) in [7, 11) is 0. The maximum Gasteiger partial charge on any atom is 0.195 e. The van der Waals surface area contributed by atoms with E-state index in [2.05, 4.69) is 9.97 Å². The Bertz CT molecular complexity index is 397. The molecule has 14 heavy (non-hydrogen) atoms. The molecule has 0 aromatic carbocycles. The number of hydrogen-bond acceptors (Lipinski definition) is 4. The Labute approximate surface area is 82.3 Å². The topological polar surface area (TPSA) is 63.1 Å². The fourth-order valence-corrected chi connectivity index (χ4v) is 0.908. The van der Waals surface area contributed by atoms with E-state index in [1.165, 1.54) is 6.92 Å². The summed E-state index contributed by atoms with van der Waals surface area (Å²) >= 11 is 0. The fourth-order valence-electron chi connectivity index (χ4n) is 0.908. The molecule has 4 nitrogen and oxygen atoms in total. The summed E-state index contributed by atoms with van der Waals surface area (Å²) in [6, 6.07) is 0. The predicted molar refractivity (Wildman–Crippen MR) is 52.8 cm³/mol. The average Bonchev–Trinajstić information content (AvgIpc) is 2.08. The molecule has 0 aliphatic rings. The molecule has 0 radical (unpaired) electrons. The summed E-state index contributed by atoms with van der Waals surface area (Å²) in [5, 5.41) is 9.42. The van der Waals surface area contributed by atoms with E-state index in [0.717, 1.165) is 17.3 Å². The minimum Gasteiger partial charge on any atom is -0.504 e. The van der Waals surface area contributed by atoms with Gasteiger partial charge >= 0.3 is 0 Å². The molecule has 74 valence electrons. The fraction of sp³-hybridized carbons (Fsp3) is 0.300. The zero-order valence-electron chi connectivity index (χ0n) is 8.40. The quantitative estimate of drug-likeness (QED) is 0.570. The van der Waals surface area contributed by atoms with Crippen LogP contribution in [0.5, 0.6) is 0 Å². The molecule has 4 heteroatoms. The number of allylic oxidation sites excluding steroid dienone is 1. The van der Waals surface area contributed by atoms with Crippen LogP contribution in [0.1, 0.15) is 24.0 Å². The third-order valence-corrected chi connectivity index (χ3v) is 1.79. The van der Waals surface area contributed by atoms with Crippen LogP contribution < -0.4 is 0 Å². The molecule has 0 spiro atoms. The van der Waals surface area contributed by atoms with Gasteiger partial charge in [0.1, 0.15) is 0 Å². The van der Waals surface area contributed by atoms with Crippen LogP contribution >= 0.6 is 0 Å². The Morgan fingerprint density at radius 3 is 2.64 bits per heavy atom. The second kappa shape index (κ2) is 4.00. The van der Waals surface area contributed by atoms with Crippen molar-refractivity contribution in [2.24, 2.45) is 0 Å². The van der Waals surface area contributed by atoms with Crippen molar-refractivity contribution in [2.45, 2.75) is 20.8 Å². The number of nitrogens with zero attached hydrogens (tertiary/aromatic N) is 2. The third kappa shape index (κ3) is 2.39. The Balaban J connectivity index is 3.09. The minimum absolute atomic E-state index is 0.184. The van der Waals surface area contributed by atoms with Crippen molar-refractivity contribution < 1.29 is 9.90 Å². The van der Waals surface area contributed by atoms with E-state index >= 15 is 0 Å². The van der Waals surface area contributed by atoms with Gasteiger partial charge < -0.3 is 5.11 Å². The summed E-state index contributed by atoms with van der Waals surface area (Å²) < 4.78 is 0. The van der Waals surface area contributed by atoms with Crippen LogP contribution in [-0.2, 0) is 4.79 Å². The SMILES string of the molecule is CC(=O)C=C(O)c1ncc(C)c(C)n1. The molecule has 1 N–H and O–H groups in total. The number of aliphatic hydroxyl groups excluding tert-OH is 1. The highest BCUT2D eigenvalue weighted by Gasteiger charge is 2.05. The van der Waals surface area contributed by atoms with Crippen LogP contribution in [-0.4, -0.2) is 20.9 Å². The molecule has 0 amide bonds. The molecule has 0 saturated carbocycles. The maximum absolute atomic E-state index is 10.7. The first-order chi connectivity index (χ1) is 6.50. The van der Waals surface area contributed by atoms with Gasteiger partial charge in [-0.2, -0.15) is 0 Å². The Kier molecular flexibility index (Phi) is 2.96. The van der Waals surface area contributed by atoms with Crippen molar-refractivity contribution in [3.05, 3.63) is 29.4 Å². The Hall–Kier alpha value is -1.71. The Morgan fingerprint density at radius 1 is 1.50 bits per heavy atom. The van der Waals surface area contributed by atoms with Gasteiger partial charge in [0.2, 0.25) is 0 Å². The van der Waals surface area contributed by atoms with Gasteiger partial charge in [-0.1, -0.05) is 0 Å². The second-order valence-corrected chi connectivity index (χ2v) is 3.10. The highest BCUT2D eigenvalue weighted by Crippen LogP contribution is 2.08. The molecule has 0 bridgehead atoms. The standard InChI is InChI=1S/C10H12N2O2/c1-6-5-11-10(12-8(6)3)9(14)4-7(2)13/h4-5,14H,1-3H3. The van der Waals surface area contributed by atoms with E-state index < -0.39 is 0 Å². The van der Waals surface area contributed by atoms with Gasteiger partial charge in [0.25, 0.3) is 0 Å². The van der Waals surface area contributed by atoms with Gasteiger partial charge in [-0.25, -0.2) is 9.97 Å². The van der Waals surface area contributed by atoms with Gasteiger partial charge in [-0.3, -0.25) is 4.79 Å². The van der Waals surface area contributed by atoms with Gasteiger partial charge in [0.15, 0.2) is 17.4 Å². The first-order valence-electron chi connectivity index (χ1n) is 4.22. The number of hydrogen-bond donors (Lipinski definition) is 1. The third-order valence-electron chi connectivity index (χ3n) is 1.79. The lowest BCUT2D eigenvalue weighted by Crippen LogP contribution is -1.99. The molecule has 1 aromatic heterocycles. The van der Waals surface area contributed by atoms with E-state index in [9.17, 15) is 9.90 Å². The monoisotopic (exact) mass is 192 g/mol. The van der Waals surface area contributed by atoms with Crippen LogP contribution in [0.2, 0.25) is 0 Å². The second-order valence-electron chi connectivity index (χ2n) is 3.10. The van der Waals surface area contributed by atoms with Crippen LogP contribution in [0.15, 0.2) is 12.3 Å². The summed E-state index contributed by atoms with van der Waals surface area (Å²) in [5.74, 6) is -0.242. The summed E-state index contributed by atoms with van der Waals surface area (Å²) in [6.07, 6.45) is 2.71. The zero-order valence-corrected chi connectivity index (χ0v) is 8.40. The number of aryl methyl sites for hydroxylation is 2. The summed E-state index contributed by atoms with van der Waals surface area (Å²) in [6.45, 7) is 5.06. The van der Waals surface area contributed by atoms with Gasteiger partial charge in [0.05, 0.1) is 0 Å². The van der Waals surface area contributed by atoms with E-state index in [1.54, 1.807) is 6.20 Å². The number of aromatic nitrogens is 2. The molecule has 0 fully saturated rings. The Morgan fingerprint density at radius 2 is 2.14 bits per heavy atom. The molecular weight excluding hydrogens is 180 g/mol. The molecule has 0 atom stereocenters. The molecular formula is C10H12N2O2. The van der Waals surface area contributed by atoms with Gasteiger partial charge in [0, 0.05) is 18.0 Å². The number of carbonyl (C=O) groups is 1. The molecule has 1 rings (SSSR count). The molecule has 0 unspecified atom stereocenters. The molecule has 0 saturated heterocycles. The highest BCUT2D eigenvalue weighted by molar-refractivity contribution is 5.92. The van der Waals surface area contributed by atoms with Crippen molar-refractivity contribution in [1.82, 2.24) is 9.97 Å². The van der Waals surface area contributed by atoms with Crippen molar-refractivity contribution in [1.29, 1.82) is 0 Å². The predicted octanol–water partition coefficient (Wildman–Crippen LogP) is 1.58. The molecule has 1 heterocycles. The van der Waals surface area contributed by atoms with E-state index in [-0.39, 0.29) is 17.4 Å². The van der Waals surface area contributed by atoms with Crippen LogP contribution in [0.25, 0.3) is 5.76 Å². The van der Waals surface area contributed by atoms with E-state index in [0.29, 0.717) is 0 Å². The minimum atomic E-state index is -0.232. The maximum atomic E-state index is 10.7. The van der Waals surface area contributed by atoms with Crippen molar-refractivity contribution in [3.63, 3.8) is 0 Å². The number of rotatable bonds is 2. The molecule has 0 aliphatic heterocycles. The van der Waals surface area contributed by atoms with Crippen LogP contribution in [0, 0.1) is 13.8 Å². The smallest absolute Gasteiger partial charge is 0.195 e. The van der Waals surface area contributed by atoms with Gasteiger partial charge in [-0.05, 0) is 26.3 Å². The van der Waals surface area contributed by atoms with Crippen molar-refractivity contribution in [2.75, 3.05) is 0 Å².